The Morgan fingerprint density at radius 2 is 2.08 bits per heavy atom. The molecule has 0 amide bonds. The summed E-state index contributed by atoms with van der Waals surface area (Å²) < 4.78 is 0. The maximum atomic E-state index is 12.5. The molecule has 0 spiro atoms. The Morgan fingerprint density at radius 3 is 2.80 bits per heavy atom. The summed E-state index contributed by atoms with van der Waals surface area (Å²) >= 11 is 4.22. The summed E-state index contributed by atoms with van der Waals surface area (Å²) in [5, 5.41) is 11.2. The predicted octanol–water partition coefficient (Wildman–Crippen LogP) is 3.38. The van der Waals surface area contributed by atoms with Crippen LogP contribution in [0, 0.1) is 34.5 Å². The Bertz CT molecular complexity index is 681. The number of rotatable bonds is 2. The van der Waals surface area contributed by atoms with Crippen molar-refractivity contribution in [3.8, 4) is 0 Å². The minimum atomic E-state index is -0.425. The van der Waals surface area contributed by atoms with Gasteiger partial charge < -0.3 is 5.11 Å². The van der Waals surface area contributed by atoms with E-state index in [0.29, 0.717) is 24.0 Å². The fourth-order valence-electron chi connectivity index (χ4n) is 6.96. The van der Waals surface area contributed by atoms with Crippen molar-refractivity contribution in [1.82, 2.24) is 0 Å². The smallest absolute Gasteiger partial charge is 0.178 e. The molecule has 4 heteroatoms. The number of allylic oxidation sites excluding steroid dienone is 4. The second-order valence-electron chi connectivity index (χ2n) is 9.05. The first-order chi connectivity index (χ1) is 11.8. The summed E-state index contributed by atoms with van der Waals surface area (Å²) in [6.07, 6.45) is 9.73. The second-order valence-corrected chi connectivity index (χ2v) is 9.37. The molecule has 4 aliphatic rings. The number of Topliss-reactive ketones (excluding diaryl/α,β-unsaturated/α-hetero) is 1. The van der Waals surface area contributed by atoms with Crippen molar-refractivity contribution in [1.29, 1.82) is 0 Å². The van der Waals surface area contributed by atoms with Crippen LogP contribution in [0.4, 0.5) is 0 Å². The highest BCUT2D eigenvalue weighted by Crippen LogP contribution is 2.66. The molecule has 3 fully saturated rings. The van der Waals surface area contributed by atoms with Crippen LogP contribution in [0.3, 0.4) is 0 Å². The maximum absolute atomic E-state index is 12.5. The lowest BCUT2D eigenvalue weighted by Gasteiger charge is -2.58. The number of thiol groups is 1. The Hall–Kier alpha value is -0.870. The molecule has 0 aliphatic heterocycles. The van der Waals surface area contributed by atoms with Crippen LogP contribution in [0.25, 0.3) is 0 Å². The molecule has 3 saturated carbocycles. The highest BCUT2D eigenvalue weighted by molar-refractivity contribution is 7.81. The van der Waals surface area contributed by atoms with Crippen molar-refractivity contribution in [2.75, 3.05) is 5.75 Å². The normalized spacial score (nSPS) is 48.4. The monoisotopic (exact) mass is 360 g/mol. The molecule has 0 heterocycles. The zero-order valence-corrected chi connectivity index (χ0v) is 16.0. The van der Waals surface area contributed by atoms with E-state index in [1.807, 2.05) is 6.08 Å². The van der Waals surface area contributed by atoms with Crippen molar-refractivity contribution in [2.45, 2.75) is 52.1 Å². The molecule has 136 valence electrons. The van der Waals surface area contributed by atoms with Gasteiger partial charge in [0.05, 0.1) is 6.10 Å². The Labute approximate surface area is 155 Å². The van der Waals surface area contributed by atoms with E-state index in [-0.39, 0.29) is 34.2 Å². The van der Waals surface area contributed by atoms with E-state index in [2.05, 4.69) is 26.5 Å². The first-order valence-electron chi connectivity index (χ1n) is 9.57. The van der Waals surface area contributed by atoms with Crippen LogP contribution >= 0.6 is 12.6 Å². The van der Waals surface area contributed by atoms with E-state index in [0.717, 1.165) is 25.7 Å². The maximum Gasteiger partial charge on any atom is 0.178 e. The van der Waals surface area contributed by atoms with E-state index >= 15 is 0 Å². The molecule has 4 aliphatic carbocycles. The minimum absolute atomic E-state index is 0.0406. The van der Waals surface area contributed by atoms with Crippen LogP contribution in [0.2, 0.25) is 0 Å². The van der Waals surface area contributed by atoms with Gasteiger partial charge in [0.2, 0.25) is 0 Å². The summed E-state index contributed by atoms with van der Waals surface area (Å²) in [6, 6.07) is 0. The number of aliphatic hydroxyl groups is 1. The number of ketones is 2. The topological polar surface area (TPSA) is 54.4 Å². The van der Waals surface area contributed by atoms with Crippen LogP contribution in [-0.4, -0.2) is 28.5 Å². The summed E-state index contributed by atoms with van der Waals surface area (Å²) in [6.45, 7) is 4.42. The number of aliphatic hydroxyl groups excluding tert-OH is 1. The van der Waals surface area contributed by atoms with Crippen molar-refractivity contribution < 1.29 is 14.7 Å². The van der Waals surface area contributed by atoms with Crippen LogP contribution < -0.4 is 0 Å². The van der Waals surface area contributed by atoms with Crippen molar-refractivity contribution in [3.63, 3.8) is 0 Å². The molecule has 4 rings (SSSR count). The van der Waals surface area contributed by atoms with Gasteiger partial charge in [0.1, 0.15) is 5.78 Å². The van der Waals surface area contributed by atoms with Crippen LogP contribution in [0.1, 0.15) is 46.0 Å². The first-order valence-corrected chi connectivity index (χ1v) is 10.2. The third kappa shape index (κ3) is 2.36. The quantitative estimate of drug-likeness (QED) is 0.742. The molecular formula is C21H28O3S. The first kappa shape index (κ1) is 17.5. The molecule has 0 saturated heterocycles. The van der Waals surface area contributed by atoms with Crippen LogP contribution in [0.15, 0.2) is 23.8 Å². The average Bonchev–Trinajstić information content (AvgIpc) is 2.91. The number of hydrogen-bond acceptors (Lipinski definition) is 4. The van der Waals surface area contributed by atoms with Gasteiger partial charge in [-0.05, 0) is 61.5 Å². The van der Waals surface area contributed by atoms with Gasteiger partial charge in [0.15, 0.2) is 5.78 Å². The lowest BCUT2D eigenvalue weighted by molar-refractivity contribution is -0.137. The van der Waals surface area contributed by atoms with Gasteiger partial charge in [-0.15, -0.1) is 0 Å². The van der Waals surface area contributed by atoms with Crippen molar-refractivity contribution in [2.24, 2.45) is 34.5 Å². The molecule has 0 bridgehead atoms. The lowest BCUT2D eigenvalue weighted by Crippen LogP contribution is -2.56. The van der Waals surface area contributed by atoms with E-state index in [1.54, 1.807) is 12.2 Å². The Balaban J connectivity index is 1.71. The standard InChI is InChI=1S/C21H28O3S/c1-20-8-7-13(22)9-12(20)3-4-14-15-5-6-16(18(24)11-25)21(15,2)10-17(23)19(14)20/h7-9,14-17,19,23,25H,3-6,10-11H2,1-2H3/t14?,15?,16?,17-,19?,20?,21?/m0/s1. The summed E-state index contributed by atoms with van der Waals surface area (Å²) in [5.41, 5.74) is 0.861. The molecule has 3 nitrogen and oxygen atoms in total. The molecular weight excluding hydrogens is 332 g/mol. The van der Waals surface area contributed by atoms with E-state index < -0.39 is 6.10 Å². The highest BCUT2D eigenvalue weighted by atomic mass is 32.1. The molecule has 7 atom stereocenters. The molecule has 0 aromatic carbocycles. The third-order valence-electron chi connectivity index (χ3n) is 8.04. The molecule has 0 aromatic heterocycles. The Morgan fingerprint density at radius 1 is 1.32 bits per heavy atom. The summed E-state index contributed by atoms with van der Waals surface area (Å²) in [7, 11) is 0. The van der Waals surface area contributed by atoms with E-state index in [1.165, 1.54) is 5.57 Å². The highest BCUT2D eigenvalue weighted by Gasteiger charge is 2.62. The Kier molecular flexibility index (Phi) is 4.08. The van der Waals surface area contributed by atoms with Gasteiger partial charge in [-0.1, -0.05) is 25.5 Å². The van der Waals surface area contributed by atoms with Crippen molar-refractivity contribution in [3.05, 3.63) is 23.8 Å². The third-order valence-corrected chi connectivity index (χ3v) is 8.35. The lowest BCUT2D eigenvalue weighted by atomic mass is 9.46. The van der Waals surface area contributed by atoms with E-state index in [4.69, 9.17) is 0 Å². The minimum Gasteiger partial charge on any atom is -0.393 e. The average molecular weight is 361 g/mol. The van der Waals surface area contributed by atoms with Gasteiger partial charge in [0, 0.05) is 23.0 Å². The summed E-state index contributed by atoms with van der Waals surface area (Å²) in [4.78, 5) is 24.3. The largest absolute Gasteiger partial charge is 0.393 e. The molecule has 0 radical (unpaired) electrons. The van der Waals surface area contributed by atoms with Crippen LogP contribution in [0.5, 0.6) is 0 Å². The number of fused-ring (bicyclic) bond motifs is 5. The van der Waals surface area contributed by atoms with E-state index in [9.17, 15) is 14.7 Å². The molecule has 25 heavy (non-hydrogen) atoms. The number of hydrogen-bond donors (Lipinski definition) is 2. The fourth-order valence-corrected chi connectivity index (χ4v) is 7.19. The molecule has 0 aromatic rings. The van der Waals surface area contributed by atoms with Gasteiger partial charge in [-0.3, -0.25) is 9.59 Å². The molecule has 1 N–H and O–H groups in total. The van der Waals surface area contributed by atoms with Gasteiger partial charge in [-0.25, -0.2) is 0 Å². The second kappa shape index (κ2) is 5.82. The van der Waals surface area contributed by atoms with Gasteiger partial charge >= 0.3 is 0 Å². The van der Waals surface area contributed by atoms with Crippen LogP contribution in [-0.2, 0) is 9.59 Å². The van der Waals surface area contributed by atoms with Gasteiger partial charge in [0.25, 0.3) is 0 Å². The van der Waals surface area contributed by atoms with Gasteiger partial charge in [-0.2, -0.15) is 12.6 Å². The fraction of sp³-hybridized carbons (Fsp3) is 0.714. The van der Waals surface area contributed by atoms with Crippen molar-refractivity contribution >= 4 is 24.2 Å². The predicted molar refractivity (Wildman–Crippen MR) is 100 cm³/mol. The number of carbonyl (C=O) groups is 2. The SMILES string of the molecule is CC12C=CC(=O)C=C1CCC1C2[C@@H](O)CC2(C)C(C(=O)CS)CCC12. The zero-order chi connectivity index (χ0) is 18.0. The summed E-state index contributed by atoms with van der Waals surface area (Å²) in [5.74, 6) is 1.71. The molecule has 6 unspecified atom stereocenters. The number of carbonyl (C=O) groups excluding carboxylic acids is 2. The zero-order valence-electron chi connectivity index (χ0n) is 15.1.